The Morgan fingerprint density at radius 3 is 2.50 bits per heavy atom. The third-order valence-electron chi connectivity index (χ3n) is 3.27. The molecule has 1 aromatic carbocycles. The topological polar surface area (TPSA) is 35.5 Å². The van der Waals surface area contributed by atoms with Gasteiger partial charge < -0.3 is 15.3 Å². The van der Waals surface area contributed by atoms with Crippen molar-refractivity contribution in [1.82, 2.24) is 5.32 Å². The van der Waals surface area contributed by atoms with Crippen molar-refractivity contribution >= 4 is 5.69 Å². The highest BCUT2D eigenvalue weighted by atomic mass is 16.3. The molecule has 0 amide bonds. The maximum Gasteiger partial charge on any atom is 0.0606 e. The molecule has 0 radical (unpaired) electrons. The molecule has 1 aromatic rings. The molecule has 18 heavy (non-hydrogen) atoms. The Morgan fingerprint density at radius 1 is 1.22 bits per heavy atom. The molecule has 1 unspecified atom stereocenters. The summed E-state index contributed by atoms with van der Waals surface area (Å²) in [5.74, 6) is 0. The molecule has 0 saturated heterocycles. The predicted octanol–water partition coefficient (Wildman–Crippen LogP) is 2.57. The average molecular weight is 250 g/mol. The molecule has 1 atom stereocenters. The van der Waals surface area contributed by atoms with Gasteiger partial charge in [0.05, 0.1) is 6.61 Å². The molecule has 0 saturated carbocycles. The molecule has 0 fully saturated rings. The smallest absolute Gasteiger partial charge is 0.0606 e. The van der Waals surface area contributed by atoms with Crippen molar-refractivity contribution in [3.8, 4) is 0 Å². The molecule has 0 aliphatic carbocycles. The summed E-state index contributed by atoms with van der Waals surface area (Å²) >= 11 is 0. The minimum Gasteiger partial charge on any atom is -0.395 e. The molecular weight excluding hydrogens is 224 g/mol. The zero-order valence-corrected chi connectivity index (χ0v) is 11.8. The van der Waals surface area contributed by atoms with E-state index in [1.807, 2.05) is 7.05 Å². The van der Waals surface area contributed by atoms with E-state index >= 15 is 0 Å². The van der Waals surface area contributed by atoms with E-state index in [9.17, 15) is 5.11 Å². The fourth-order valence-corrected chi connectivity index (χ4v) is 2.39. The molecule has 2 N–H and O–H groups in total. The second kappa shape index (κ2) is 8.11. The quantitative estimate of drug-likeness (QED) is 0.744. The lowest BCUT2D eigenvalue weighted by Gasteiger charge is -2.28. The summed E-state index contributed by atoms with van der Waals surface area (Å²) in [6, 6.07) is 8.86. The molecule has 0 aromatic heterocycles. The van der Waals surface area contributed by atoms with Crippen LogP contribution < -0.4 is 10.2 Å². The first-order chi connectivity index (χ1) is 8.78. The highest BCUT2D eigenvalue weighted by Gasteiger charge is 2.15. The Kier molecular flexibility index (Phi) is 6.76. The number of aliphatic hydroxyl groups is 1. The normalized spacial score (nSPS) is 12.4. The number of hydrogen-bond acceptors (Lipinski definition) is 3. The van der Waals surface area contributed by atoms with Crippen LogP contribution in [0.1, 0.15) is 38.3 Å². The van der Waals surface area contributed by atoms with Crippen molar-refractivity contribution in [1.29, 1.82) is 0 Å². The van der Waals surface area contributed by atoms with Crippen LogP contribution >= 0.6 is 0 Å². The van der Waals surface area contributed by atoms with E-state index in [1.165, 1.54) is 11.3 Å². The highest BCUT2D eigenvalue weighted by Crippen LogP contribution is 2.28. The van der Waals surface area contributed by atoms with Crippen LogP contribution in [0.4, 0.5) is 5.69 Å². The number of nitrogens with one attached hydrogen (secondary N) is 1. The molecule has 1 rings (SSSR count). The van der Waals surface area contributed by atoms with Gasteiger partial charge in [-0.05, 0) is 31.5 Å². The van der Waals surface area contributed by atoms with Crippen molar-refractivity contribution in [3.63, 3.8) is 0 Å². The monoisotopic (exact) mass is 250 g/mol. The first-order valence-corrected chi connectivity index (χ1v) is 6.90. The van der Waals surface area contributed by atoms with Gasteiger partial charge in [-0.1, -0.05) is 32.0 Å². The number of rotatable bonds is 8. The van der Waals surface area contributed by atoms with Crippen LogP contribution in [-0.4, -0.2) is 31.9 Å². The van der Waals surface area contributed by atoms with E-state index in [0.717, 1.165) is 19.4 Å². The maximum atomic E-state index is 9.21. The van der Waals surface area contributed by atoms with Crippen LogP contribution in [0.5, 0.6) is 0 Å². The fraction of sp³-hybridized carbons (Fsp3) is 0.600. The molecule has 102 valence electrons. The van der Waals surface area contributed by atoms with Crippen LogP contribution in [0.2, 0.25) is 0 Å². The molecule has 0 bridgehead atoms. The Bertz CT molecular complexity index is 331. The molecular formula is C15H26N2O. The van der Waals surface area contributed by atoms with Gasteiger partial charge in [-0.15, -0.1) is 0 Å². The summed E-state index contributed by atoms with van der Waals surface area (Å²) in [5, 5.41) is 12.6. The van der Waals surface area contributed by atoms with Crippen molar-refractivity contribution in [2.24, 2.45) is 0 Å². The molecule has 0 aliphatic rings. The number of nitrogens with zero attached hydrogens (tertiary/aromatic N) is 1. The minimum atomic E-state index is 0.199. The molecule has 3 heteroatoms. The summed E-state index contributed by atoms with van der Waals surface area (Å²) in [6.45, 7) is 6.24. The van der Waals surface area contributed by atoms with Crippen LogP contribution in [0.3, 0.4) is 0 Å². The summed E-state index contributed by atoms with van der Waals surface area (Å²) in [7, 11) is 2.00. The third kappa shape index (κ3) is 3.72. The lowest BCUT2D eigenvalue weighted by molar-refractivity contribution is 0.301. The van der Waals surface area contributed by atoms with E-state index in [0.29, 0.717) is 12.6 Å². The van der Waals surface area contributed by atoms with Gasteiger partial charge in [0.15, 0.2) is 0 Å². The molecule has 3 nitrogen and oxygen atoms in total. The van der Waals surface area contributed by atoms with Crippen LogP contribution in [0.15, 0.2) is 24.3 Å². The predicted molar refractivity (Wildman–Crippen MR) is 78.1 cm³/mol. The maximum absolute atomic E-state index is 9.21. The van der Waals surface area contributed by atoms with Crippen LogP contribution in [-0.2, 0) is 0 Å². The van der Waals surface area contributed by atoms with E-state index < -0.39 is 0 Å². The van der Waals surface area contributed by atoms with Crippen LogP contribution in [0, 0.1) is 0 Å². The van der Waals surface area contributed by atoms with Crippen molar-refractivity contribution in [2.75, 3.05) is 31.6 Å². The number of aliphatic hydroxyl groups excluding tert-OH is 1. The van der Waals surface area contributed by atoms with E-state index in [1.54, 1.807) is 0 Å². The van der Waals surface area contributed by atoms with Gasteiger partial charge in [-0.25, -0.2) is 0 Å². The molecule has 0 aliphatic heterocycles. The standard InChI is InChI=1S/C15H26N2O/c1-4-10-17(11-12-18)15-9-7-6-8-13(15)14(5-2)16-3/h6-9,14,16,18H,4-5,10-12H2,1-3H3. The summed E-state index contributed by atoms with van der Waals surface area (Å²) in [6.07, 6.45) is 2.15. The van der Waals surface area contributed by atoms with Crippen molar-refractivity contribution in [2.45, 2.75) is 32.7 Å². The second-order valence-electron chi connectivity index (χ2n) is 4.52. The van der Waals surface area contributed by atoms with E-state index in [-0.39, 0.29) is 6.61 Å². The molecule has 0 heterocycles. The van der Waals surface area contributed by atoms with Gasteiger partial charge in [0.25, 0.3) is 0 Å². The Labute approximate surface area is 111 Å². The SMILES string of the molecule is CCCN(CCO)c1ccccc1C(CC)NC. The summed E-state index contributed by atoms with van der Waals surface area (Å²) in [4.78, 5) is 2.27. The van der Waals surface area contributed by atoms with E-state index in [4.69, 9.17) is 0 Å². The second-order valence-corrected chi connectivity index (χ2v) is 4.52. The Hall–Kier alpha value is -1.06. The van der Waals surface area contributed by atoms with Gasteiger partial charge in [0, 0.05) is 24.8 Å². The zero-order chi connectivity index (χ0) is 13.4. The number of hydrogen-bond donors (Lipinski definition) is 2. The van der Waals surface area contributed by atoms with Crippen molar-refractivity contribution < 1.29 is 5.11 Å². The number of para-hydroxylation sites is 1. The number of benzene rings is 1. The zero-order valence-electron chi connectivity index (χ0n) is 11.8. The largest absolute Gasteiger partial charge is 0.395 e. The fourth-order valence-electron chi connectivity index (χ4n) is 2.39. The van der Waals surface area contributed by atoms with Gasteiger partial charge >= 0.3 is 0 Å². The van der Waals surface area contributed by atoms with Crippen LogP contribution in [0.25, 0.3) is 0 Å². The van der Waals surface area contributed by atoms with Gasteiger partial charge in [-0.3, -0.25) is 0 Å². The Balaban J connectivity index is 3.04. The number of anilines is 1. The minimum absolute atomic E-state index is 0.199. The third-order valence-corrected chi connectivity index (χ3v) is 3.27. The first kappa shape index (κ1) is 15.0. The highest BCUT2D eigenvalue weighted by molar-refractivity contribution is 5.55. The summed E-state index contributed by atoms with van der Waals surface area (Å²) in [5.41, 5.74) is 2.57. The lowest BCUT2D eigenvalue weighted by Crippen LogP contribution is -2.29. The van der Waals surface area contributed by atoms with E-state index in [2.05, 4.69) is 48.3 Å². The summed E-state index contributed by atoms with van der Waals surface area (Å²) < 4.78 is 0. The average Bonchev–Trinajstić information content (AvgIpc) is 2.41. The first-order valence-electron chi connectivity index (χ1n) is 6.90. The van der Waals surface area contributed by atoms with Gasteiger partial charge in [-0.2, -0.15) is 0 Å². The lowest BCUT2D eigenvalue weighted by atomic mass is 10.0. The van der Waals surface area contributed by atoms with Gasteiger partial charge in [0.2, 0.25) is 0 Å². The van der Waals surface area contributed by atoms with Crippen molar-refractivity contribution in [3.05, 3.63) is 29.8 Å². The Morgan fingerprint density at radius 2 is 1.94 bits per heavy atom. The molecule has 0 spiro atoms. The van der Waals surface area contributed by atoms with Gasteiger partial charge in [0.1, 0.15) is 0 Å².